The second-order valence-electron chi connectivity index (χ2n) is 6.50. The van der Waals surface area contributed by atoms with Crippen LogP contribution in [0.2, 0.25) is 0 Å². The predicted octanol–water partition coefficient (Wildman–Crippen LogP) is 2.73. The van der Waals surface area contributed by atoms with E-state index >= 15 is 0 Å². The van der Waals surface area contributed by atoms with Crippen molar-refractivity contribution < 1.29 is 17.9 Å². The first-order valence-corrected chi connectivity index (χ1v) is 9.80. The van der Waals surface area contributed by atoms with Gasteiger partial charge in [0.25, 0.3) is 0 Å². The molecule has 2 aromatic rings. The molecule has 11 heteroatoms. The van der Waals surface area contributed by atoms with E-state index in [1.165, 1.54) is 4.68 Å². The number of aromatic nitrogens is 5. The van der Waals surface area contributed by atoms with Crippen molar-refractivity contribution in [1.82, 2.24) is 25.0 Å². The van der Waals surface area contributed by atoms with Crippen molar-refractivity contribution in [3.63, 3.8) is 0 Å². The average Bonchev–Trinajstić information content (AvgIpc) is 3.26. The molecule has 0 spiro atoms. The molecular weight excluding hydrogens is 369 g/mol. The van der Waals surface area contributed by atoms with E-state index in [-0.39, 0.29) is 29.1 Å². The Morgan fingerprint density at radius 2 is 2.00 bits per heavy atom. The van der Waals surface area contributed by atoms with E-state index in [1.54, 1.807) is 0 Å². The summed E-state index contributed by atoms with van der Waals surface area (Å²) >= 11 is 1.84. The molecule has 0 aromatic carbocycles. The van der Waals surface area contributed by atoms with E-state index in [1.807, 2.05) is 11.8 Å². The van der Waals surface area contributed by atoms with Crippen LogP contribution in [0.5, 0.6) is 0 Å². The van der Waals surface area contributed by atoms with Gasteiger partial charge in [-0.2, -0.15) is 24.9 Å². The van der Waals surface area contributed by atoms with Crippen LogP contribution in [-0.4, -0.2) is 55.2 Å². The van der Waals surface area contributed by atoms with Crippen LogP contribution in [0.25, 0.3) is 11.2 Å². The summed E-state index contributed by atoms with van der Waals surface area (Å²) in [6.45, 7) is 0.997. The Balaban J connectivity index is 1.70. The highest BCUT2D eigenvalue weighted by Gasteiger charge is 2.37. The Hall–Kier alpha value is -1.62. The molecule has 0 radical (unpaired) electrons. The lowest BCUT2D eigenvalue weighted by molar-refractivity contribution is -0.144. The summed E-state index contributed by atoms with van der Waals surface area (Å²) in [7, 11) is 0. The third-order valence-corrected chi connectivity index (χ3v) is 5.63. The molecule has 1 N–H and O–H groups in total. The van der Waals surface area contributed by atoms with Gasteiger partial charge in [0.2, 0.25) is 5.82 Å². The SMILES string of the molecule is FC(F)(F)c1nc(NC2CCSCC2)c2nnn(C[C@H]3CCCO3)c2n1. The first-order valence-electron chi connectivity index (χ1n) is 8.65. The zero-order valence-electron chi connectivity index (χ0n) is 14.0. The lowest BCUT2D eigenvalue weighted by Gasteiger charge is -2.23. The Morgan fingerprint density at radius 1 is 1.19 bits per heavy atom. The van der Waals surface area contributed by atoms with Crippen LogP contribution in [0.15, 0.2) is 0 Å². The van der Waals surface area contributed by atoms with Crippen LogP contribution in [-0.2, 0) is 17.5 Å². The topological polar surface area (TPSA) is 77.8 Å². The number of ether oxygens (including phenoxy) is 1. The van der Waals surface area contributed by atoms with Gasteiger partial charge in [0.05, 0.1) is 12.6 Å². The number of nitrogens with zero attached hydrogens (tertiary/aromatic N) is 5. The number of hydrogen-bond donors (Lipinski definition) is 1. The van der Waals surface area contributed by atoms with Crippen LogP contribution in [0.1, 0.15) is 31.5 Å². The van der Waals surface area contributed by atoms with Crippen molar-refractivity contribution in [1.29, 1.82) is 0 Å². The summed E-state index contributed by atoms with van der Waals surface area (Å²) in [5.41, 5.74) is 0.365. The number of thioether (sulfide) groups is 1. The Labute approximate surface area is 152 Å². The first kappa shape index (κ1) is 17.8. The maximum absolute atomic E-state index is 13.3. The second-order valence-corrected chi connectivity index (χ2v) is 7.73. The van der Waals surface area contributed by atoms with E-state index in [0.29, 0.717) is 13.2 Å². The van der Waals surface area contributed by atoms with E-state index < -0.39 is 12.0 Å². The molecule has 26 heavy (non-hydrogen) atoms. The van der Waals surface area contributed by atoms with E-state index in [0.717, 1.165) is 37.2 Å². The van der Waals surface area contributed by atoms with Crippen LogP contribution < -0.4 is 5.32 Å². The van der Waals surface area contributed by atoms with Gasteiger partial charge in [0.15, 0.2) is 17.0 Å². The van der Waals surface area contributed by atoms with Gasteiger partial charge in [-0.05, 0) is 37.2 Å². The molecule has 0 saturated carbocycles. The Bertz CT molecular complexity index is 771. The maximum atomic E-state index is 13.3. The third-order valence-electron chi connectivity index (χ3n) is 4.58. The Kier molecular flexibility index (Phi) is 4.91. The fourth-order valence-corrected chi connectivity index (χ4v) is 4.33. The predicted molar refractivity (Wildman–Crippen MR) is 91.1 cm³/mol. The molecule has 1 atom stereocenters. The number of nitrogens with one attached hydrogen (secondary N) is 1. The van der Waals surface area contributed by atoms with Crippen LogP contribution in [0, 0.1) is 0 Å². The van der Waals surface area contributed by atoms with E-state index in [9.17, 15) is 13.2 Å². The highest BCUT2D eigenvalue weighted by atomic mass is 32.2. The van der Waals surface area contributed by atoms with Gasteiger partial charge in [0.1, 0.15) is 0 Å². The molecule has 0 amide bonds. The number of halogens is 3. The van der Waals surface area contributed by atoms with Crippen LogP contribution in [0.3, 0.4) is 0 Å². The molecule has 0 bridgehead atoms. The highest BCUT2D eigenvalue weighted by Crippen LogP contribution is 2.31. The molecule has 2 saturated heterocycles. The lowest BCUT2D eigenvalue weighted by atomic mass is 10.1. The monoisotopic (exact) mass is 388 g/mol. The van der Waals surface area contributed by atoms with E-state index in [2.05, 4.69) is 25.6 Å². The van der Waals surface area contributed by atoms with Crippen LogP contribution >= 0.6 is 11.8 Å². The van der Waals surface area contributed by atoms with Crippen molar-refractivity contribution in [3.05, 3.63) is 5.82 Å². The van der Waals surface area contributed by atoms with Gasteiger partial charge < -0.3 is 10.1 Å². The average molecular weight is 388 g/mol. The molecule has 2 aliphatic heterocycles. The fourth-order valence-electron chi connectivity index (χ4n) is 3.22. The molecule has 2 aromatic heterocycles. The molecule has 4 heterocycles. The number of anilines is 1. The fraction of sp³-hybridized carbons (Fsp3) is 0.733. The van der Waals surface area contributed by atoms with Crippen molar-refractivity contribution in [2.24, 2.45) is 0 Å². The van der Waals surface area contributed by atoms with Gasteiger partial charge in [0, 0.05) is 12.6 Å². The summed E-state index contributed by atoms with van der Waals surface area (Å²) in [5.74, 6) is 0.888. The quantitative estimate of drug-likeness (QED) is 0.863. The smallest absolute Gasteiger partial charge is 0.376 e. The molecule has 2 fully saturated rings. The normalized spacial score (nSPS) is 22.2. The van der Waals surface area contributed by atoms with Crippen LogP contribution in [0.4, 0.5) is 19.0 Å². The second kappa shape index (κ2) is 7.18. The van der Waals surface area contributed by atoms with E-state index in [4.69, 9.17) is 4.74 Å². The van der Waals surface area contributed by atoms with Gasteiger partial charge in [-0.15, -0.1) is 5.10 Å². The standard InChI is InChI=1S/C15H19F3N6OS/c16-15(17,18)14-20-12(19-9-3-6-26-7-4-9)11-13(21-14)24(23-22-11)8-10-2-1-5-25-10/h9-10H,1-8H2,(H,19,20,21)/t10-/m1/s1. The molecular formula is C15H19F3N6OS. The molecule has 0 unspecified atom stereocenters. The number of alkyl halides is 3. The minimum Gasteiger partial charge on any atom is -0.376 e. The summed E-state index contributed by atoms with van der Waals surface area (Å²) in [4.78, 5) is 7.41. The van der Waals surface area contributed by atoms with Gasteiger partial charge in [-0.1, -0.05) is 5.21 Å². The highest BCUT2D eigenvalue weighted by molar-refractivity contribution is 7.99. The Morgan fingerprint density at radius 3 is 2.69 bits per heavy atom. The zero-order chi connectivity index (χ0) is 18.1. The van der Waals surface area contributed by atoms with Crippen molar-refractivity contribution in [3.8, 4) is 0 Å². The largest absolute Gasteiger partial charge is 0.451 e. The molecule has 7 nitrogen and oxygen atoms in total. The molecule has 4 rings (SSSR count). The summed E-state index contributed by atoms with van der Waals surface area (Å²) < 4.78 is 46.8. The number of fused-ring (bicyclic) bond motifs is 1. The lowest BCUT2D eigenvalue weighted by Crippen LogP contribution is -2.26. The first-order chi connectivity index (χ1) is 12.5. The summed E-state index contributed by atoms with van der Waals surface area (Å²) in [6.07, 6.45) is -1.17. The van der Waals surface area contributed by atoms with Gasteiger partial charge in [-0.25, -0.2) is 14.6 Å². The van der Waals surface area contributed by atoms with Crippen molar-refractivity contribution >= 4 is 28.7 Å². The minimum absolute atomic E-state index is 0.0732. The van der Waals surface area contributed by atoms with Gasteiger partial charge in [-0.3, -0.25) is 0 Å². The van der Waals surface area contributed by atoms with Crippen molar-refractivity contribution in [2.45, 2.75) is 50.6 Å². The molecule has 142 valence electrons. The summed E-state index contributed by atoms with van der Waals surface area (Å²) in [5, 5.41) is 11.2. The minimum atomic E-state index is -4.63. The third kappa shape index (κ3) is 3.73. The zero-order valence-corrected chi connectivity index (χ0v) is 14.8. The molecule has 2 aliphatic rings. The van der Waals surface area contributed by atoms with Crippen molar-refractivity contribution in [2.75, 3.05) is 23.4 Å². The molecule has 0 aliphatic carbocycles. The van der Waals surface area contributed by atoms with Gasteiger partial charge >= 0.3 is 6.18 Å². The number of hydrogen-bond acceptors (Lipinski definition) is 7. The summed E-state index contributed by atoms with van der Waals surface area (Å²) in [6, 6.07) is 0.0822. The number of rotatable bonds is 4. The maximum Gasteiger partial charge on any atom is 0.451 e.